The van der Waals surface area contributed by atoms with Gasteiger partial charge in [0.05, 0.1) is 18.6 Å². The van der Waals surface area contributed by atoms with Gasteiger partial charge in [0.1, 0.15) is 5.75 Å². The number of halogens is 1. The zero-order valence-electron chi connectivity index (χ0n) is 11.9. The molecule has 1 aromatic carbocycles. The maximum absolute atomic E-state index is 12.0. The van der Waals surface area contributed by atoms with Gasteiger partial charge in [0.15, 0.2) is 0 Å². The van der Waals surface area contributed by atoms with Crippen molar-refractivity contribution in [1.82, 2.24) is 0 Å². The fourth-order valence-corrected chi connectivity index (χ4v) is 3.64. The maximum atomic E-state index is 12.0. The van der Waals surface area contributed by atoms with E-state index in [2.05, 4.69) is 5.32 Å². The number of amides is 1. The molecule has 1 aliphatic carbocycles. The van der Waals surface area contributed by atoms with Crippen LogP contribution in [0.1, 0.15) is 31.2 Å². The summed E-state index contributed by atoms with van der Waals surface area (Å²) in [4.78, 5) is 12.0. The molecule has 0 heterocycles. The van der Waals surface area contributed by atoms with Crippen LogP contribution in [0.5, 0.6) is 5.75 Å². The van der Waals surface area contributed by atoms with Crippen LogP contribution in [0.3, 0.4) is 0 Å². The van der Waals surface area contributed by atoms with Gasteiger partial charge in [0.2, 0.25) is 5.91 Å². The molecule has 0 unspecified atom stereocenters. The Balaban J connectivity index is 1.94. The summed E-state index contributed by atoms with van der Waals surface area (Å²) in [6.07, 6.45) is 5.07. The second kappa shape index (κ2) is 7.23. The van der Waals surface area contributed by atoms with E-state index >= 15 is 0 Å². The monoisotopic (exact) mass is 313 g/mol. The molecule has 0 atom stereocenters. The molecule has 0 bridgehead atoms. The van der Waals surface area contributed by atoms with Crippen molar-refractivity contribution in [3.8, 4) is 5.75 Å². The Morgan fingerprint density at radius 1 is 1.45 bits per heavy atom. The minimum atomic E-state index is 0.0157. The predicted octanol–water partition coefficient (Wildman–Crippen LogP) is 4.27. The molecule has 0 aromatic heterocycles. The van der Waals surface area contributed by atoms with Gasteiger partial charge in [-0.25, -0.2) is 0 Å². The molecule has 1 aliphatic rings. The number of nitrogens with one attached hydrogen (secondary N) is 1. The molecule has 1 saturated carbocycles. The lowest BCUT2D eigenvalue weighted by Gasteiger charge is -2.13. The fraction of sp³-hybridized carbons (Fsp3) is 0.533. The third-order valence-corrected chi connectivity index (χ3v) is 5.29. The van der Waals surface area contributed by atoms with Gasteiger partial charge in [-0.1, -0.05) is 24.4 Å². The smallest absolute Gasteiger partial charge is 0.234 e. The van der Waals surface area contributed by atoms with E-state index in [1.165, 1.54) is 25.7 Å². The molecule has 0 saturated heterocycles. The molecular formula is C15H20ClNO2S. The van der Waals surface area contributed by atoms with Crippen LogP contribution in [-0.4, -0.2) is 24.0 Å². The Morgan fingerprint density at radius 2 is 2.15 bits per heavy atom. The van der Waals surface area contributed by atoms with Crippen LogP contribution < -0.4 is 10.1 Å². The Kier molecular flexibility index (Phi) is 5.61. The van der Waals surface area contributed by atoms with Gasteiger partial charge >= 0.3 is 0 Å². The number of hydrogen-bond acceptors (Lipinski definition) is 3. The van der Waals surface area contributed by atoms with Crippen LogP contribution >= 0.6 is 23.4 Å². The molecular weight excluding hydrogens is 294 g/mol. The van der Waals surface area contributed by atoms with Crippen LogP contribution in [-0.2, 0) is 4.79 Å². The number of hydrogen-bond donors (Lipinski definition) is 1. The molecule has 1 amide bonds. The number of anilines is 1. The average molecular weight is 314 g/mol. The molecule has 1 fully saturated rings. The van der Waals surface area contributed by atoms with E-state index in [9.17, 15) is 4.79 Å². The van der Waals surface area contributed by atoms with Crippen molar-refractivity contribution >= 4 is 35.0 Å². The van der Waals surface area contributed by atoms with E-state index in [1.54, 1.807) is 24.9 Å². The number of methoxy groups -OCH3 is 1. The summed E-state index contributed by atoms with van der Waals surface area (Å²) in [5, 5.41) is 4.20. The molecule has 2 rings (SSSR count). The normalized spacial score (nSPS) is 15.3. The number of ether oxygens (including phenoxy) is 1. The van der Waals surface area contributed by atoms with Gasteiger partial charge in [-0.05, 0) is 31.4 Å². The van der Waals surface area contributed by atoms with E-state index < -0.39 is 0 Å². The molecule has 0 radical (unpaired) electrons. The summed E-state index contributed by atoms with van der Waals surface area (Å²) >= 11 is 7.80. The quantitative estimate of drug-likeness (QED) is 0.882. The summed E-state index contributed by atoms with van der Waals surface area (Å²) in [6.45, 7) is 1.91. The highest BCUT2D eigenvalue weighted by Gasteiger charge is 2.17. The second-order valence-corrected chi connectivity index (χ2v) is 6.76. The van der Waals surface area contributed by atoms with Gasteiger partial charge in [-0.3, -0.25) is 4.79 Å². The highest BCUT2D eigenvalue weighted by Crippen LogP contribution is 2.32. The Hall–Kier alpha value is -0.870. The van der Waals surface area contributed by atoms with Crippen molar-refractivity contribution in [3.63, 3.8) is 0 Å². The van der Waals surface area contributed by atoms with Crippen molar-refractivity contribution in [2.75, 3.05) is 18.2 Å². The van der Waals surface area contributed by atoms with Crippen molar-refractivity contribution in [1.29, 1.82) is 0 Å². The van der Waals surface area contributed by atoms with E-state index in [0.29, 0.717) is 27.5 Å². The zero-order valence-corrected chi connectivity index (χ0v) is 13.4. The first-order chi connectivity index (χ1) is 9.60. The summed E-state index contributed by atoms with van der Waals surface area (Å²) in [5.41, 5.74) is 1.61. The van der Waals surface area contributed by atoms with Crippen LogP contribution in [0.2, 0.25) is 5.02 Å². The summed E-state index contributed by atoms with van der Waals surface area (Å²) < 4.78 is 5.25. The van der Waals surface area contributed by atoms with E-state index in [-0.39, 0.29) is 5.91 Å². The Labute approximate surface area is 129 Å². The van der Waals surface area contributed by atoms with Gasteiger partial charge in [0.25, 0.3) is 0 Å². The minimum absolute atomic E-state index is 0.0157. The second-order valence-electron chi connectivity index (χ2n) is 5.07. The molecule has 1 aromatic rings. The highest BCUT2D eigenvalue weighted by atomic mass is 35.5. The van der Waals surface area contributed by atoms with Crippen molar-refractivity contribution in [2.24, 2.45) is 0 Å². The molecule has 5 heteroatoms. The molecule has 1 N–H and O–H groups in total. The Morgan fingerprint density at radius 3 is 2.80 bits per heavy atom. The SMILES string of the molecule is COc1cc(Cl)c(C)cc1NC(=O)CSC1CCCC1. The fourth-order valence-electron chi connectivity index (χ4n) is 2.36. The highest BCUT2D eigenvalue weighted by molar-refractivity contribution is 8.00. The third kappa shape index (κ3) is 4.06. The number of carbonyl (C=O) groups excluding carboxylic acids is 1. The lowest BCUT2D eigenvalue weighted by atomic mass is 10.2. The van der Waals surface area contributed by atoms with Gasteiger partial charge < -0.3 is 10.1 Å². The minimum Gasteiger partial charge on any atom is -0.495 e. The van der Waals surface area contributed by atoms with Gasteiger partial charge in [0, 0.05) is 16.3 Å². The number of carbonyl (C=O) groups is 1. The lowest BCUT2D eigenvalue weighted by Crippen LogP contribution is -2.16. The predicted molar refractivity (Wildman–Crippen MR) is 86.1 cm³/mol. The summed E-state index contributed by atoms with van der Waals surface area (Å²) in [5.74, 6) is 1.11. The molecule has 3 nitrogen and oxygen atoms in total. The molecule has 0 aliphatic heterocycles. The summed E-state index contributed by atoms with van der Waals surface area (Å²) in [6, 6.07) is 3.58. The van der Waals surface area contributed by atoms with Gasteiger partial charge in [-0.15, -0.1) is 11.8 Å². The topological polar surface area (TPSA) is 38.3 Å². The zero-order chi connectivity index (χ0) is 14.5. The van der Waals surface area contributed by atoms with Crippen LogP contribution in [0, 0.1) is 6.92 Å². The van der Waals surface area contributed by atoms with Crippen LogP contribution in [0.4, 0.5) is 5.69 Å². The van der Waals surface area contributed by atoms with E-state index in [4.69, 9.17) is 16.3 Å². The standard InChI is InChI=1S/C15H20ClNO2S/c1-10-7-13(14(19-2)8-12(10)16)17-15(18)9-20-11-5-3-4-6-11/h7-8,11H,3-6,9H2,1-2H3,(H,17,18). The lowest BCUT2D eigenvalue weighted by molar-refractivity contribution is -0.113. The van der Waals surface area contributed by atoms with Crippen LogP contribution in [0.15, 0.2) is 12.1 Å². The molecule has 0 spiro atoms. The number of benzene rings is 1. The number of aryl methyl sites for hydroxylation is 1. The van der Waals surface area contributed by atoms with E-state index in [1.807, 2.05) is 13.0 Å². The first-order valence-electron chi connectivity index (χ1n) is 6.85. The molecule has 110 valence electrons. The van der Waals surface area contributed by atoms with Crippen molar-refractivity contribution in [2.45, 2.75) is 37.9 Å². The first-order valence-corrected chi connectivity index (χ1v) is 8.28. The van der Waals surface area contributed by atoms with Crippen molar-refractivity contribution in [3.05, 3.63) is 22.7 Å². The number of thioether (sulfide) groups is 1. The molecule has 20 heavy (non-hydrogen) atoms. The third-order valence-electron chi connectivity index (χ3n) is 3.51. The van der Waals surface area contributed by atoms with E-state index in [0.717, 1.165) is 5.56 Å². The largest absolute Gasteiger partial charge is 0.495 e. The Bertz CT molecular complexity index is 487. The van der Waals surface area contributed by atoms with Gasteiger partial charge in [-0.2, -0.15) is 0 Å². The maximum Gasteiger partial charge on any atom is 0.234 e. The number of rotatable bonds is 5. The average Bonchev–Trinajstić information content (AvgIpc) is 2.93. The van der Waals surface area contributed by atoms with Crippen molar-refractivity contribution < 1.29 is 9.53 Å². The summed E-state index contributed by atoms with van der Waals surface area (Å²) in [7, 11) is 1.57. The van der Waals surface area contributed by atoms with Crippen LogP contribution in [0.25, 0.3) is 0 Å². The first kappa shape index (κ1) is 15.5.